The molecular formula is C19H32N2. The number of anilines is 1. The lowest BCUT2D eigenvalue weighted by Crippen LogP contribution is -2.27. The predicted octanol–water partition coefficient (Wildman–Crippen LogP) is 4.37. The van der Waals surface area contributed by atoms with Gasteiger partial charge in [-0.2, -0.15) is 0 Å². The summed E-state index contributed by atoms with van der Waals surface area (Å²) >= 11 is 0. The van der Waals surface area contributed by atoms with Crippen molar-refractivity contribution in [1.29, 1.82) is 0 Å². The third-order valence-electron chi connectivity index (χ3n) is 4.90. The van der Waals surface area contributed by atoms with Crippen molar-refractivity contribution < 1.29 is 0 Å². The van der Waals surface area contributed by atoms with Crippen LogP contribution >= 0.6 is 0 Å². The largest absolute Gasteiger partial charge is 0.371 e. The SMILES string of the molecule is CNCc1cc(C)ccc1N1CCCC(C(C)(C)C)CC1. The fraction of sp³-hybridized carbons (Fsp3) is 0.684. The third kappa shape index (κ3) is 4.23. The highest BCUT2D eigenvalue weighted by Crippen LogP contribution is 2.35. The minimum atomic E-state index is 0.442. The molecule has 2 nitrogen and oxygen atoms in total. The van der Waals surface area contributed by atoms with Crippen LogP contribution in [0.2, 0.25) is 0 Å². The van der Waals surface area contributed by atoms with Crippen molar-refractivity contribution in [1.82, 2.24) is 5.32 Å². The Bertz CT molecular complexity index is 459. The maximum Gasteiger partial charge on any atom is 0.0412 e. The Morgan fingerprint density at radius 1 is 1.19 bits per heavy atom. The Labute approximate surface area is 130 Å². The van der Waals surface area contributed by atoms with E-state index in [1.807, 2.05) is 7.05 Å². The van der Waals surface area contributed by atoms with Crippen LogP contribution in [0.3, 0.4) is 0 Å². The Morgan fingerprint density at radius 3 is 2.62 bits per heavy atom. The topological polar surface area (TPSA) is 15.3 Å². The van der Waals surface area contributed by atoms with E-state index >= 15 is 0 Å². The van der Waals surface area contributed by atoms with Gasteiger partial charge in [-0.3, -0.25) is 0 Å². The van der Waals surface area contributed by atoms with E-state index in [0.717, 1.165) is 12.5 Å². The molecule has 1 aromatic rings. The number of nitrogens with one attached hydrogen (secondary N) is 1. The molecule has 0 amide bonds. The van der Waals surface area contributed by atoms with E-state index in [0.29, 0.717) is 5.41 Å². The molecule has 0 radical (unpaired) electrons. The third-order valence-corrected chi connectivity index (χ3v) is 4.90. The van der Waals surface area contributed by atoms with Crippen molar-refractivity contribution in [3.63, 3.8) is 0 Å². The van der Waals surface area contributed by atoms with Gasteiger partial charge in [-0.1, -0.05) is 38.5 Å². The Hall–Kier alpha value is -1.02. The molecule has 1 saturated heterocycles. The van der Waals surface area contributed by atoms with Gasteiger partial charge in [-0.05, 0) is 56.2 Å². The molecule has 1 aliphatic heterocycles. The standard InChI is InChI=1S/C19H32N2/c1-15-8-9-18(16(13-15)14-20-5)21-11-6-7-17(10-12-21)19(2,3)4/h8-9,13,17,20H,6-7,10-12,14H2,1-5H3. The van der Waals surface area contributed by atoms with Gasteiger partial charge in [-0.25, -0.2) is 0 Å². The zero-order chi connectivity index (χ0) is 15.5. The lowest BCUT2D eigenvalue weighted by atomic mass is 9.77. The molecule has 1 N–H and O–H groups in total. The highest BCUT2D eigenvalue weighted by Gasteiger charge is 2.27. The second kappa shape index (κ2) is 6.83. The molecule has 1 unspecified atom stereocenters. The number of benzene rings is 1. The van der Waals surface area contributed by atoms with Gasteiger partial charge in [0.2, 0.25) is 0 Å². The fourth-order valence-electron chi connectivity index (χ4n) is 3.56. The summed E-state index contributed by atoms with van der Waals surface area (Å²) in [5.74, 6) is 0.848. The summed E-state index contributed by atoms with van der Waals surface area (Å²) < 4.78 is 0. The van der Waals surface area contributed by atoms with Crippen LogP contribution in [-0.4, -0.2) is 20.1 Å². The van der Waals surface area contributed by atoms with Gasteiger partial charge in [0, 0.05) is 25.3 Å². The molecule has 1 aliphatic rings. The molecule has 2 heteroatoms. The van der Waals surface area contributed by atoms with Gasteiger partial charge < -0.3 is 10.2 Å². The first-order valence-corrected chi connectivity index (χ1v) is 8.41. The van der Waals surface area contributed by atoms with Crippen molar-refractivity contribution in [3.8, 4) is 0 Å². The monoisotopic (exact) mass is 288 g/mol. The summed E-state index contributed by atoms with van der Waals surface area (Å²) in [5.41, 5.74) is 4.67. The molecular weight excluding hydrogens is 256 g/mol. The van der Waals surface area contributed by atoms with Crippen LogP contribution in [0.15, 0.2) is 18.2 Å². The van der Waals surface area contributed by atoms with Gasteiger partial charge in [0.25, 0.3) is 0 Å². The molecule has 1 heterocycles. The van der Waals surface area contributed by atoms with E-state index in [-0.39, 0.29) is 0 Å². The Kier molecular flexibility index (Phi) is 5.32. The van der Waals surface area contributed by atoms with Crippen LogP contribution in [0.5, 0.6) is 0 Å². The second-order valence-electron chi connectivity index (χ2n) is 7.64. The number of hydrogen-bond acceptors (Lipinski definition) is 2. The molecule has 0 saturated carbocycles. The molecule has 1 aromatic carbocycles. The fourth-order valence-corrected chi connectivity index (χ4v) is 3.56. The summed E-state index contributed by atoms with van der Waals surface area (Å²) in [6.07, 6.45) is 4.00. The van der Waals surface area contributed by atoms with Crippen LogP contribution in [0.4, 0.5) is 5.69 Å². The Balaban J connectivity index is 2.15. The maximum absolute atomic E-state index is 3.31. The second-order valence-corrected chi connectivity index (χ2v) is 7.64. The zero-order valence-corrected chi connectivity index (χ0v) is 14.5. The predicted molar refractivity (Wildman–Crippen MR) is 93.0 cm³/mol. The first kappa shape index (κ1) is 16.4. The average molecular weight is 288 g/mol. The zero-order valence-electron chi connectivity index (χ0n) is 14.5. The van der Waals surface area contributed by atoms with E-state index in [1.54, 1.807) is 0 Å². The van der Waals surface area contributed by atoms with Gasteiger partial charge >= 0.3 is 0 Å². The van der Waals surface area contributed by atoms with Crippen molar-refractivity contribution in [2.75, 3.05) is 25.0 Å². The van der Waals surface area contributed by atoms with E-state index in [1.165, 1.54) is 49.2 Å². The minimum absolute atomic E-state index is 0.442. The first-order chi connectivity index (χ1) is 9.91. The highest BCUT2D eigenvalue weighted by molar-refractivity contribution is 5.55. The Morgan fingerprint density at radius 2 is 1.95 bits per heavy atom. The molecule has 0 spiro atoms. The summed E-state index contributed by atoms with van der Waals surface area (Å²) in [6, 6.07) is 6.90. The lowest BCUT2D eigenvalue weighted by molar-refractivity contribution is 0.220. The molecule has 0 aliphatic carbocycles. The summed E-state index contributed by atoms with van der Waals surface area (Å²) in [5, 5.41) is 3.31. The van der Waals surface area contributed by atoms with Crippen molar-refractivity contribution in [3.05, 3.63) is 29.3 Å². The number of hydrogen-bond donors (Lipinski definition) is 1. The van der Waals surface area contributed by atoms with E-state index < -0.39 is 0 Å². The molecule has 1 fully saturated rings. The van der Waals surface area contributed by atoms with Crippen LogP contribution in [0, 0.1) is 18.3 Å². The van der Waals surface area contributed by atoms with E-state index in [4.69, 9.17) is 0 Å². The molecule has 2 rings (SSSR count). The van der Waals surface area contributed by atoms with Gasteiger partial charge in [-0.15, -0.1) is 0 Å². The van der Waals surface area contributed by atoms with Crippen molar-refractivity contribution >= 4 is 5.69 Å². The van der Waals surface area contributed by atoms with Crippen LogP contribution in [0.1, 0.15) is 51.2 Å². The van der Waals surface area contributed by atoms with Crippen LogP contribution < -0.4 is 10.2 Å². The van der Waals surface area contributed by atoms with Gasteiger partial charge in [0.15, 0.2) is 0 Å². The highest BCUT2D eigenvalue weighted by atomic mass is 15.1. The number of nitrogens with zero attached hydrogens (tertiary/aromatic N) is 1. The summed E-state index contributed by atoms with van der Waals surface area (Å²) in [6.45, 7) is 12.7. The maximum atomic E-state index is 3.31. The van der Waals surface area contributed by atoms with Crippen LogP contribution in [0.25, 0.3) is 0 Å². The normalized spacial score (nSPS) is 20.4. The molecule has 21 heavy (non-hydrogen) atoms. The quantitative estimate of drug-likeness (QED) is 0.888. The van der Waals surface area contributed by atoms with Crippen molar-refractivity contribution in [2.24, 2.45) is 11.3 Å². The smallest absolute Gasteiger partial charge is 0.0412 e. The van der Waals surface area contributed by atoms with Gasteiger partial charge in [0.1, 0.15) is 0 Å². The average Bonchev–Trinajstić information content (AvgIpc) is 2.64. The van der Waals surface area contributed by atoms with Gasteiger partial charge in [0.05, 0.1) is 0 Å². The van der Waals surface area contributed by atoms with Crippen LogP contribution in [-0.2, 0) is 6.54 Å². The lowest BCUT2D eigenvalue weighted by Gasteiger charge is -2.30. The molecule has 1 atom stereocenters. The number of aryl methyl sites for hydroxylation is 1. The molecule has 0 bridgehead atoms. The minimum Gasteiger partial charge on any atom is -0.371 e. The molecule has 118 valence electrons. The summed E-state index contributed by atoms with van der Waals surface area (Å²) in [4.78, 5) is 2.61. The van der Waals surface area contributed by atoms with Crippen molar-refractivity contribution in [2.45, 2.75) is 53.5 Å². The summed E-state index contributed by atoms with van der Waals surface area (Å²) in [7, 11) is 2.03. The first-order valence-electron chi connectivity index (χ1n) is 8.41. The number of rotatable bonds is 3. The molecule has 0 aromatic heterocycles. The van der Waals surface area contributed by atoms with E-state index in [2.05, 4.69) is 56.1 Å². The van der Waals surface area contributed by atoms with E-state index in [9.17, 15) is 0 Å².